The maximum atomic E-state index is 9.47. The van der Waals surface area contributed by atoms with Crippen LogP contribution in [0, 0.1) is 0 Å². The molecule has 2 N–H and O–H groups in total. The minimum absolute atomic E-state index is 0.239. The van der Waals surface area contributed by atoms with E-state index in [1.807, 2.05) is 0 Å². The second kappa shape index (κ2) is 3.13. The lowest BCUT2D eigenvalue weighted by Gasteiger charge is -2.32. The zero-order chi connectivity index (χ0) is 9.42. The monoisotopic (exact) mass is 187 g/mol. The lowest BCUT2D eigenvalue weighted by molar-refractivity contribution is -0.198. The average molecular weight is 187 g/mol. The van der Waals surface area contributed by atoms with Gasteiger partial charge in [-0.2, -0.15) is 0 Å². The van der Waals surface area contributed by atoms with E-state index in [-0.39, 0.29) is 6.61 Å². The van der Waals surface area contributed by atoms with E-state index in [1.54, 1.807) is 0 Å². The molecule has 2 rings (SSSR count). The molecule has 2 heterocycles. The maximum Gasteiger partial charge on any atom is 0.186 e. The van der Waals surface area contributed by atoms with E-state index in [2.05, 4.69) is 10.0 Å². The van der Waals surface area contributed by atoms with Crippen molar-refractivity contribution >= 4 is 0 Å². The first-order chi connectivity index (χ1) is 6.24. The van der Waals surface area contributed by atoms with Crippen LogP contribution in [0.25, 0.3) is 10.4 Å². The Balaban J connectivity index is 2.21. The largest absolute Gasteiger partial charge is 0.390 e. The van der Waals surface area contributed by atoms with Gasteiger partial charge in [0.15, 0.2) is 6.29 Å². The second-order valence-electron chi connectivity index (χ2n) is 3.05. The molecule has 13 heavy (non-hydrogen) atoms. The van der Waals surface area contributed by atoms with Gasteiger partial charge in [0.05, 0.1) is 24.9 Å². The van der Waals surface area contributed by atoms with Crippen molar-refractivity contribution in [3.05, 3.63) is 10.4 Å². The molecule has 0 saturated carbocycles. The minimum atomic E-state index is -1.14. The third-order valence-electron chi connectivity index (χ3n) is 2.28. The van der Waals surface area contributed by atoms with Crippen molar-refractivity contribution in [3.63, 3.8) is 0 Å². The Morgan fingerprint density at radius 1 is 1.38 bits per heavy atom. The number of ether oxygens (including phenoxy) is 2. The molecular weight excluding hydrogens is 178 g/mol. The smallest absolute Gasteiger partial charge is 0.186 e. The van der Waals surface area contributed by atoms with Gasteiger partial charge in [-0.1, -0.05) is 5.11 Å². The van der Waals surface area contributed by atoms with Gasteiger partial charge in [-0.05, 0) is 5.53 Å². The van der Waals surface area contributed by atoms with Crippen LogP contribution in [0.4, 0.5) is 0 Å². The van der Waals surface area contributed by atoms with Crippen LogP contribution in [0.15, 0.2) is 5.11 Å². The molecule has 5 atom stereocenters. The highest BCUT2D eigenvalue weighted by molar-refractivity contribution is 4.97. The van der Waals surface area contributed by atoms with Crippen LogP contribution in [-0.2, 0) is 9.47 Å². The number of hydrogen-bond donors (Lipinski definition) is 2. The first-order valence-corrected chi connectivity index (χ1v) is 3.91. The van der Waals surface area contributed by atoms with E-state index in [9.17, 15) is 10.2 Å². The van der Waals surface area contributed by atoms with E-state index in [0.717, 1.165) is 0 Å². The van der Waals surface area contributed by atoms with Gasteiger partial charge in [-0.3, -0.25) is 0 Å². The fourth-order valence-electron chi connectivity index (χ4n) is 1.58. The lowest BCUT2D eigenvalue weighted by atomic mass is 9.99. The molecule has 2 aliphatic heterocycles. The summed E-state index contributed by atoms with van der Waals surface area (Å²) < 4.78 is 10.2. The Labute approximate surface area is 73.5 Å². The topological polar surface area (TPSA) is 108 Å². The van der Waals surface area contributed by atoms with Crippen molar-refractivity contribution in [1.82, 2.24) is 0 Å². The van der Waals surface area contributed by atoms with Gasteiger partial charge in [0.2, 0.25) is 0 Å². The summed E-state index contributed by atoms with van der Waals surface area (Å²) in [5.74, 6) is 0. The zero-order valence-corrected chi connectivity index (χ0v) is 6.65. The highest BCUT2D eigenvalue weighted by atomic mass is 16.7. The van der Waals surface area contributed by atoms with Crippen LogP contribution in [0.5, 0.6) is 0 Å². The standard InChI is InChI=1S/C6H9N3O4/c7-9-8-3-2-1-12-6(13-2)5(11)4(3)10/h2-6,10-11H,1H2/t2-,3+,4-,5-,6+/m0/s1. The second-order valence-corrected chi connectivity index (χ2v) is 3.05. The quantitative estimate of drug-likeness (QED) is 0.316. The van der Waals surface area contributed by atoms with Crippen LogP contribution in [0.1, 0.15) is 0 Å². The summed E-state index contributed by atoms with van der Waals surface area (Å²) in [5.41, 5.74) is 8.22. The number of hydrogen-bond acceptors (Lipinski definition) is 5. The van der Waals surface area contributed by atoms with Crippen molar-refractivity contribution < 1.29 is 19.7 Å². The zero-order valence-electron chi connectivity index (χ0n) is 6.65. The highest BCUT2D eigenvalue weighted by Gasteiger charge is 2.49. The van der Waals surface area contributed by atoms with Crippen LogP contribution in [0.2, 0.25) is 0 Å². The first-order valence-electron chi connectivity index (χ1n) is 3.91. The molecule has 0 radical (unpaired) electrons. The maximum absolute atomic E-state index is 9.47. The molecule has 2 aliphatic rings. The van der Waals surface area contributed by atoms with Gasteiger partial charge >= 0.3 is 0 Å². The molecule has 0 aromatic rings. The molecule has 2 bridgehead atoms. The molecule has 0 spiro atoms. The number of azide groups is 1. The number of fused-ring (bicyclic) bond motifs is 2. The summed E-state index contributed by atoms with van der Waals surface area (Å²) >= 11 is 0. The predicted molar refractivity (Wildman–Crippen MR) is 39.6 cm³/mol. The highest BCUT2D eigenvalue weighted by Crippen LogP contribution is 2.29. The number of aliphatic hydroxyl groups is 2. The number of rotatable bonds is 1. The first kappa shape index (κ1) is 8.74. The molecule has 2 saturated heterocycles. The average Bonchev–Trinajstić information content (AvgIpc) is 2.56. The third-order valence-corrected chi connectivity index (χ3v) is 2.28. The molecule has 0 aromatic carbocycles. The molecular formula is C6H9N3O4. The third kappa shape index (κ3) is 1.27. The Kier molecular flexibility index (Phi) is 2.10. The van der Waals surface area contributed by atoms with Crippen LogP contribution in [-0.4, -0.2) is 47.5 Å². The Hall–Kier alpha value is -0.850. The summed E-state index contributed by atoms with van der Waals surface area (Å²) in [4.78, 5) is 2.58. The summed E-state index contributed by atoms with van der Waals surface area (Å²) in [7, 11) is 0. The van der Waals surface area contributed by atoms with Crippen LogP contribution in [0.3, 0.4) is 0 Å². The molecule has 7 nitrogen and oxygen atoms in total. The summed E-state index contributed by atoms with van der Waals surface area (Å²) in [6, 6.07) is -0.765. The Bertz CT molecular complexity index is 254. The molecule has 2 fully saturated rings. The van der Waals surface area contributed by atoms with E-state index >= 15 is 0 Å². The van der Waals surface area contributed by atoms with Crippen molar-refractivity contribution in [2.24, 2.45) is 5.11 Å². The number of nitrogens with zero attached hydrogens (tertiary/aromatic N) is 3. The molecule has 0 unspecified atom stereocenters. The fourth-order valence-corrected chi connectivity index (χ4v) is 1.58. The Morgan fingerprint density at radius 3 is 2.85 bits per heavy atom. The minimum Gasteiger partial charge on any atom is -0.390 e. The molecule has 7 heteroatoms. The van der Waals surface area contributed by atoms with Crippen molar-refractivity contribution in [2.75, 3.05) is 6.61 Å². The van der Waals surface area contributed by atoms with Crippen molar-refractivity contribution in [1.29, 1.82) is 0 Å². The van der Waals surface area contributed by atoms with Crippen LogP contribution >= 0.6 is 0 Å². The fraction of sp³-hybridized carbons (Fsp3) is 1.00. The predicted octanol–water partition coefficient (Wildman–Crippen LogP) is -0.858. The molecule has 0 aromatic heterocycles. The molecule has 0 aliphatic carbocycles. The summed E-state index contributed by atoms with van der Waals surface area (Å²) in [5, 5.41) is 22.2. The van der Waals surface area contributed by atoms with E-state index < -0.39 is 30.6 Å². The summed E-state index contributed by atoms with van der Waals surface area (Å²) in [6.07, 6.45) is -3.49. The lowest BCUT2D eigenvalue weighted by Crippen LogP contribution is -2.52. The van der Waals surface area contributed by atoms with Gasteiger partial charge in [0.1, 0.15) is 6.10 Å². The molecule has 72 valence electrons. The van der Waals surface area contributed by atoms with E-state index in [1.165, 1.54) is 0 Å². The van der Waals surface area contributed by atoms with Gasteiger partial charge < -0.3 is 19.7 Å². The van der Waals surface area contributed by atoms with Gasteiger partial charge in [0, 0.05) is 4.91 Å². The SMILES string of the molecule is [N-]=[N+]=N[C@H]1[C@H](O)[C@H](O)[C@@H]2OC[C@@H]1O2. The molecule has 0 amide bonds. The summed E-state index contributed by atoms with van der Waals surface area (Å²) in [6.45, 7) is 0.239. The van der Waals surface area contributed by atoms with E-state index in [4.69, 9.17) is 15.0 Å². The normalized spacial score (nSPS) is 48.6. The van der Waals surface area contributed by atoms with Gasteiger partial charge in [-0.25, -0.2) is 0 Å². The van der Waals surface area contributed by atoms with Crippen LogP contribution < -0.4 is 0 Å². The van der Waals surface area contributed by atoms with Gasteiger partial charge in [-0.15, -0.1) is 0 Å². The van der Waals surface area contributed by atoms with Crippen molar-refractivity contribution in [3.8, 4) is 0 Å². The van der Waals surface area contributed by atoms with Gasteiger partial charge in [0.25, 0.3) is 0 Å². The Morgan fingerprint density at radius 2 is 2.15 bits per heavy atom. The number of aliphatic hydroxyl groups excluding tert-OH is 2. The van der Waals surface area contributed by atoms with Crippen molar-refractivity contribution in [2.45, 2.75) is 30.6 Å². The van der Waals surface area contributed by atoms with E-state index in [0.29, 0.717) is 0 Å².